The minimum atomic E-state index is -3.82. The molecule has 3 aliphatic rings. The van der Waals surface area contributed by atoms with Crippen molar-refractivity contribution in [1.29, 1.82) is 0 Å². The second-order valence-corrected chi connectivity index (χ2v) is 10.2. The number of anilines is 1. The molecule has 0 radical (unpaired) electrons. The maximum atomic E-state index is 13.8. The van der Waals surface area contributed by atoms with Gasteiger partial charge in [-0.25, -0.2) is 18.4 Å². The van der Waals surface area contributed by atoms with Crippen LogP contribution >= 0.6 is 0 Å². The molecule has 2 aromatic heterocycles. The molecule has 2 unspecified atom stereocenters. The summed E-state index contributed by atoms with van der Waals surface area (Å²) in [6.07, 6.45) is 10.6. The van der Waals surface area contributed by atoms with Crippen LogP contribution in [-0.2, 0) is 10.0 Å². The van der Waals surface area contributed by atoms with Crippen molar-refractivity contribution in [3.63, 3.8) is 0 Å². The molecule has 28 heavy (non-hydrogen) atoms. The molecule has 2 aliphatic heterocycles. The fraction of sp³-hybridized carbons (Fsp3) is 0.684. The number of nitrogen functional groups attached to an aromatic ring is 1. The van der Waals surface area contributed by atoms with Gasteiger partial charge in [-0.05, 0) is 38.5 Å². The summed E-state index contributed by atoms with van der Waals surface area (Å²) in [6, 6.07) is -0.164. The van der Waals surface area contributed by atoms with Crippen LogP contribution in [0.3, 0.4) is 0 Å². The molecule has 3 N–H and O–H groups in total. The van der Waals surface area contributed by atoms with Crippen LogP contribution in [0.25, 0.3) is 11.2 Å². The van der Waals surface area contributed by atoms with Gasteiger partial charge in [0.05, 0.1) is 6.10 Å². The topological polar surface area (TPSA) is 114 Å². The van der Waals surface area contributed by atoms with Crippen molar-refractivity contribution in [1.82, 2.24) is 18.8 Å². The largest absolute Gasteiger partial charge is 0.393 e. The van der Waals surface area contributed by atoms with Gasteiger partial charge in [0, 0.05) is 30.5 Å². The summed E-state index contributed by atoms with van der Waals surface area (Å²) in [4.78, 5) is 8.95. The van der Waals surface area contributed by atoms with Gasteiger partial charge < -0.3 is 15.4 Å². The first-order valence-corrected chi connectivity index (χ1v) is 11.7. The van der Waals surface area contributed by atoms with Crippen LogP contribution in [0.5, 0.6) is 0 Å². The van der Waals surface area contributed by atoms with E-state index in [1.54, 1.807) is 10.5 Å². The molecule has 2 bridgehead atoms. The molecule has 0 spiro atoms. The zero-order valence-electron chi connectivity index (χ0n) is 15.9. The summed E-state index contributed by atoms with van der Waals surface area (Å²) in [6.45, 7) is 0. The lowest BCUT2D eigenvalue weighted by molar-refractivity contribution is 0.0769. The van der Waals surface area contributed by atoms with Gasteiger partial charge in [0.25, 0.3) is 0 Å². The molecule has 2 saturated heterocycles. The Labute approximate surface area is 164 Å². The fourth-order valence-electron chi connectivity index (χ4n) is 5.58. The lowest BCUT2D eigenvalue weighted by Gasteiger charge is -2.36. The molecule has 4 heterocycles. The van der Waals surface area contributed by atoms with Crippen LogP contribution in [0.4, 0.5) is 5.82 Å². The van der Waals surface area contributed by atoms with Crippen molar-refractivity contribution in [3.05, 3.63) is 12.4 Å². The van der Waals surface area contributed by atoms with E-state index in [2.05, 4.69) is 9.97 Å². The monoisotopic (exact) mass is 405 g/mol. The fourth-order valence-corrected chi connectivity index (χ4v) is 7.71. The van der Waals surface area contributed by atoms with E-state index in [1.807, 2.05) is 4.57 Å². The maximum Gasteiger partial charge on any atom is 0.249 e. The van der Waals surface area contributed by atoms with Crippen molar-refractivity contribution in [3.8, 4) is 0 Å². The lowest BCUT2D eigenvalue weighted by Crippen LogP contribution is -2.48. The maximum absolute atomic E-state index is 13.8. The molecule has 0 amide bonds. The Bertz CT molecular complexity index is 984. The first-order chi connectivity index (χ1) is 13.5. The zero-order valence-corrected chi connectivity index (χ0v) is 16.7. The standard InChI is InChI=1S/C19H27N5O3S/c20-18-17(28(26,27)24-13-6-7-14(24)11-15(25)10-13)16-19(22-9-8-21-16)23(18)12-4-2-1-3-5-12/h8-9,12-15,25H,1-7,10-11,20H2. The van der Waals surface area contributed by atoms with Crippen molar-refractivity contribution in [2.75, 3.05) is 5.73 Å². The molecule has 152 valence electrons. The number of nitrogens with zero attached hydrogens (tertiary/aromatic N) is 4. The third-order valence-electron chi connectivity index (χ3n) is 6.73. The highest BCUT2D eigenvalue weighted by molar-refractivity contribution is 7.89. The molecule has 1 aliphatic carbocycles. The number of rotatable bonds is 3. The number of nitrogens with two attached hydrogens (primary N) is 1. The molecule has 3 fully saturated rings. The molecule has 0 aromatic carbocycles. The molecule has 9 heteroatoms. The van der Waals surface area contributed by atoms with Crippen LogP contribution in [0.15, 0.2) is 17.3 Å². The van der Waals surface area contributed by atoms with Crippen molar-refractivity contribution in [2.45, 2.75) is 86.9 Å². The number of aromatic nitrogens is 3. The number of aliphatic hydroxyl groups is 1. The number of aliphatic hydroxyl groups excluding tert-OH is 1. The quantitative estimate of drug-likeness (QED) is 0.809. The normalized spacial score (nSPS) is 29.5. The van der Waals surface area contributed by atoms with E-state index in [1.165, 1.54) is 12.6 Å². The number of piperidine rings is 1. The summed E-state index contributed by atoms with van der Waals surface area (Å²) in [5.41, 5.74) is 7.44. The second-order valence-electron chi connectivity index (χ2n) is 8.45. The van der Waals surface area contributed by atoms with Crippen LogP contribution in [-0.4, -0.2) is 50.6 Å². The highest BCUT2D eigenvalue weighted by Gasteiger charge is 2.48. The van der Waals surface area contributed by atoms with Gasteiger partial charge in [0.15, 0.2) is 10.5 Å². The Morgan fingerprint density at radius 2 is 1.61 bits per heavy atom. The van der Waals surface area contributed by atoms with Crippen LogP contribution < -0.4 is 5.73 Å². The highest BCUT2D eigenvalue weighted by atomic mass is 32.2. The highest BCUT2D eigenvalue weighted by Crippen LogP contribution is 2.44. The smallest absolute Gasteiger partial charge is 0.249 e. The van der Waals surface area contributed by atoms with E-state index >= 15 is 0 Å². The third kappa shape index (κ3) is 2.67. The Hall–Kier alpha value is -1.71. The van der Waals surface area contributed by atoms with E-state index in [0.717, 1.165) is 38.5 Å². The van der Waals surface area contributed by atoms with E-state index in [9.17, 15) is 13.5 Å². The average molecular weight is 406 g/mol. The van der Waals surface area contributed by atoms with E-state index in [4.69, 9.17) is 5.73 Å². The Balaban J connectivity index is 1.66. The molecular weight excluding hydrogens is 378 g/mol. The van der Waals surface area contributed by atoms with Gasteiger partial charge in [0.1, 0.15) is 11.3 Å². The predicted molar refractivity (Wildman–Crippen MR) is 105 cm³/mol. The van der Waals surface area contributed by atoms with Gasteiger partial charge in [-0.15, -0.1) is 0 Å². The van der Waals surface area contributed by atoms with Gasteiger partial charge >= 0.3 is 0 Å². The minimum Gasteiger partial charge on any atom is -0.393 e. The molecule has 5 rings (SSSR count). The van der Waals surface area contributed by atoms with Gasteiger partial charge in [-0.3, -0.25) is 0 Å². The summed E-state index contributed by atoms with van der Waals surface area (Å²) in [5, 5.41) is 10.1. The van der Waals surface area contributed by atoms with Crippen LogP contribution in [0.2, 0.25) is 0 Å². The molecule has 1 saturated carbocycles. The summed E-state index contributed by atoms with van der Waals surface area (Å²) in [7, 11) is -3.82. The summed E-state index contributed by atoms with van der Waals surface area (Å²) >= 11 is 0. The SMILES string of the molecule is Nc1c(S(=O)(=O)N2C3CCC2CC(O)C3)c2nccnc2n1C1CCCCC1. The van der Waals surface area contributed by atoms with Gasteiger partial charge in [-0.2, -0.15) is 4.31 Å². The number of hydrogen-bond donors (Lipinski definition) is 2. The minimum absolute atomic E-state index is 0.106. The Morgan fingerprint density at radius 1 is 0.964 bits per heavy atom. The number of hydrogen-bond acceptors (Lipinski definition) is 6. The number of sulfonamides is 1. The van der Waals surface area contributed by atoms with Gasteiger partial charge in [0.2, 0.25) is 10.0 Å². The second kappa shape index (κ2) is 6.67. The molecule has 2 atom stereocenters. The Morgan fingerprint density at radius 3 is 2.29 bits per heavy atom. The van der Waals surface area contributed by atoms with E-state index in [-0.39, 0.29) is 28.8 Å². The lowest BCUT2D eigenvalue weighted by atomic mass is 9.95. The molecular formula is C19H27N5O3S. The van der Waals surface area contributed by atoms with E-state index < -0.39 is 16.1 Å². The van der Waals surface area contributed by atoms with Gasteiger partial charge in [-0.1, -0.05) is 19.3 Å². The molecule has 2 aromatic rings. The van der Waals surface area contributed by atoms with E-state index in [0.29, 0.717) is 24.0 Å². The zero-order chi connectivity index (χ0) is 19.5. The van der Waals surface area contributed by atoms with Crippen molar-refractivity contribution >= 4 is 27.0 Å². The molecule has 8 nitrogen and oxygen atoms in total. The van der Waals surface area contributed by atoms with Crippen LogP contribution in [0.1, 0.15) is 63.8 Å². The van der Waals surface area contributed by atoms with Crippen molar-refractivity contribution < 1.29 is 13.5 Å². The van der Waals surface area contributed by atoms with Crippen LogP contribution in [0, 0.1) is 0 Å². The summed E-state index contributed by atoms with van der Waals surface area (Å²) < 4.78 is 31.1. The van der Waals surface area contributed by atoms with Crippen molar-refractivity contribution in [2.24, 2.45) is 0 Å². The third-order valence-corrected chi connectivity index (χ3v) is 8.80. The first kappa shape index (κ1) is 18.3. The Kier molecular flexibility index (Phi) is 4.37. The first-order valence-electron chi connectivity index (χ1n) is 10.3. The summed E-state index contributed by atoms with van der Waals surface area (Å²) in [5.74, 6) is 0.263. The number of fused-ring (bicyclic) bond motifs is 3. The average Bonchev–Trinajstić information content (AvgIpc) is 3.14. The predicted octanol–water partition coefficient (Wildman–Crippen LogP) is 2.20.